The van der Waals surface area contributed by atoms with Gasteiger partial charge < -0.3 is 29.0 Å². The SMILES string of the molecule is [C-]#[N+]CC1CN(c2nc(OC[C@@H]3C[C@H](OC)CN3C)nc3c2CCN(c2cccc4ccccc24)C3)CCN1C(=O)C=C. The summed E-state index contributed by atoms with van der Waals surface area (Å²) < 4.78 is 11.9. The lowest BCUT2D eigenvalue weighted by Crippen LogP contribution is -2.56. The lowest BCUT2D eigenvalue weighted by atomic mass is 10.0. The highest BCUT2D eigenvalue weighted by molar-refractivity contribution is 5.94. The highest BCUT2D eigenvalue weighted by Crippen LogP contribution is 2.35. The molecule has 6 rings (SSSR count). The summed E-state index contributed by atoms with van der Waals surface area (Å²) >= 11 is 0. The number of anilines is 2. The van der Waals surface area contributed by atoms with E-state index in [0.717, 1.165) is 43.0 Å². The number of hydrogen-bond donors (Lipinski definition) is 0. The second kappa shape index (κ2) is 12.6. The molecule has 1 amide bonds. The summed E-state index contributed by atoms with van der Waals surface area (Å²) in [5, 5.41) is 2.44. The van der Waals surface area contributed by atoms with Crippen molar-refractivity contribution in [3.8, 4) is 6.01 Å². The van der Waals surface area contributed by atoms with Crippen LogP contribution in [0.4, 0.5) is 11.5 Å². The Hall–Kier alpha value is -4.20. The van der Waals surface area contributed by atoms with Crippen LogP contribution in [0, 0.1) is 6.57 Å². The summed E-state index contributed by atoms with van der Waals surface area (Å²) in [4.78, 5) is 34.8. The van der Waals surface area contributed by atoms with E-state index in [1.54, 1.807) is 12.0 Å². The van der Waals surface area contributed by atoms with Gasteiger partial charge >= 0.3 is 6.01 Å². The third-order valence-corrected chi connectivity index (χ3v) is 9.06. The van der Waals surface area contributed by atoms with Crippen molar-refractivity contribution in [2.24, 2.45) is 0 Å². The summed E-state index contributed by atoms with van der Waals surface area (Å²) in [6.07, 6.45) is 3.22. The van der Waals surface area contributed by atoms with Crippen LogP contribution in [0.3, 0.4) is 0 Å². The van der Waals surface area contributed by atoms with Crippen LogP contribution in [0.25, 0.3) is 15.6 Å². The molecule has 0 aliphatic carbocycles. The van der Waals surface area contributed by atoms with E-state index in [9.17, 15) is 4.79 Å². The second-order valence-corrected chi connectivity index (χ2v) is 11.6. The molecule has 1 aromatic heterocycles. The number of amides is 1. The quantitative estimate of drug-likeness (QED) is 0.296. The van der Waals surface area contributed by atoms with Gasteiger partial charge in [-0.1, -0.05) is 43.0 Å². The second-order valence-electron chi connectivity index (χ2n) is 11.6. The van der Waals surface area contributed by atoms with Crippen molar-refractivity contribution in [3.05, 3.63) is 77.8 Å². The van der Waals surface area contributed by atoms with E-state index in [4.69, 9.17) is 26.0 Å². The van der Waals surface area contributed by atoms with Crippen molar-refractivity contribution >= 4 is 28.2 Å². The van der Waals surface area contributed by atoms with E-state index < -0.39 is 0 Å². The van der Waals surface area contributed by atoms with Gasteiger partial charge in [-0.05, 0) is 37.4 Å². The molecule has 10 heteroatoms. The number of hydrogen-bond acceptors (Lipinski definition) is 8. The minimum absolute atomic E-state index is 0.136. The van der Waals surface area contributed by atoms with Crippen molar-refractivity contribution in [1.82, 2.24) is 19.8 Å². The fourth-order valence-corrected chi connectivity index (χ4v) is 6.69. The molecule has 0 N–H and O–H groups in total. The summed E-state index contributed by atoms with van der Waals surface area (Å²) in [6.45, 7) is 15.9. The standard InChI is InChI=1S/C33H39N7O3/c1-5-31(41)40-16-15-39(19-25(40)18-34-2)32-28-13-14-38(30-12-8-10-23-9-6-7-11-27(23)30)21-29(28)35-33(36-32)43-22-24-17-26(42-4)20-37(24)3/h5-12,24-26H,1,13-22H2,3-4H3/t24-,25?,26-/m0/s1. The topological polar surface area (TPSA) is 78.6 Å². The fraction of sp³-hybridized carbons (Fsp3) is 0.455. The predicted octanol–water partition coefficient (Wildman–Crippen LogP) is 3.41. The number of ether oxygens (including phenoxy) is 2. The van der Waals surface area contributed by atoms with Crippen LogP contribution in [-0.2, 0) is 22.5 Å². The Morgan fingerprint density at radius 1 is 1.09 bits per heavy atom. The molecule has 2 fully saturated rings. The van der Waals surface area contributed by atoms with Crippen LogP contribution in [-0.4, -0.2) is 104 Å². The molecule has 10 nitrogen and oxygen atoms in total. The van der Waals surface area contributed by atoms with Gasteiger partial charge in [-0.25, -0.2) is 6.57 Å². The minimum atomic E-state index is -0.236. The Kier molecular flexibility index (Phi) is 8.45. The Balaban J connectivity index is 1.32. The van der Waals surface area contributed by atoms with Crippen molar-refractivity contribution in [2.75, 3.05) is 69.8 Å². The molecule has 0 spiro atoms. The summed E-state index contributed by atoms with van der Waals surface area (Å²) in [7, 11) is 3.85. The molecule has 43 heavy (non-hydrogen) atoms. The lowest BCUT2D eigenvalue weighted by molar-refractivity contribution is -0.128. The van der Waals surface area contributed by atoms with E-state index in [1.807, 2.05) is 0 Å². The van der Waals surface area contributed by atoms with Gasteiger partial charge in [0.2, 0.25) is 12.5 Å². The van der Waals surface area contributed by atoms with Gasteiger partial charge in [-0.15, -0.1) is 0 Å². The van der Waals surface area contributed by atoms with Gasteiger partial charge in [0.1, 0.15) is 18.5 Å². The van der Waals surface area contributed by atoms with Crippen molar-refractivity contribution in [2.45, 2.75) is 37.6 Å². The predicted molar refractivity (Wildman–Crippen MR) is 167 cm³/mol. The number of methoxy groups -OCH3 is 1. The molecule has 2 saturated heterocycles. The monoisotopic (exact) mass is 581 g/mol. The van der Waals surface area contributed by atoms with Gasteiger partial charge in [0, 0.05) is 62.5 Å². The van der Waals surface area contributed by atoms with E-state index in [-0.39, 0.29) is 30.6 Å². The Morgan fingerprint density at radius 2 is 1.93 bits per heavy atom. The molecule has 3 atom stereocenters. The van der Waals surface area contributed by atoms with Gasteiger partial charge in [0.05, 0.1) is 18.3 Å². The number of benzene rings is 2. The average Bonchev–Trinajstić information content (AvgIpc) is 3.41. The van der Waals surface area contributed by atoms with Crippen LogP contribution in [0.5, 0.6) is 6.01 Å². The largest absolute Gasteiger partial charge is 0.462 e. The summed E-state index contributed by atoms with van der Waals surface area (Å²) in [5.74, 6) is 0.718. The van der Waals surface area contributed by atoms with Gasteiger partial charge in [0.15, 0.2) is 0 Å². The first-order valence-electron chi connectivity index (χ1n) is 15.0. The normalized spacial score (nSPS) is 22.3. The zero-order chi connectivity index (χ0) is 29.9. The van der Waals surface area contributed by atoms with Crippen molar-refractivity contribution < 1.29 is 14.3 Å². The maximum Gasteiger partial charge on any atom is 0.318 e. The number of piperazine rings is 1. The Bertz CT molecular complexity index is 1530. The molecule has 2 aromatic carbocycles. The minimum Gasteiger partial charge on any atom is -0.462 e. The number of nitrogens with zero attached hydrogens (tertiary/aromatic N) is 7. The van der Waals surface area contributed by atoms with E-state index in [2.05, 4.69) is 75.6 Å². The molecular weight excluding hydrogens is 542 g/mol. The number of likely N-dealkylation sites (tertiary alicyclic amines) is 1. The zero-order valence-electron chi connectivity index (χ0n) is 25.0. The molecule has 3 aliphatic rings. The van der Waals surface area contributed by atoms with E-state index in [0.29, 0.717) is 38.8 Å². The maximum absolute atomic E-state index is 12.6. The zero-order valence-corrected chi connectivity index (χ0v) is 25.0. The van der Waals surface area contributed by atoms with Crippen LogP contribution < -0.4 is 14.5 Å². The molecule has 0 radical (unpaired) electrons. The molecule has 4 heterocycles. The van der Waals surface area contributed by atoms with E-state index in [1.165, 1.54) is 22.5 Å². The Labute approximate surface area is 253 Å². The molecule has 0 saturated carbocycles. The number of rotatable bonds is 8. The number of aromatic nitrogens is 2. The van der Waals surface area contributed by atoms with Gasteiger partial charge in [-0.2, -0.15) is 9.97 Å². The van der Waals surface area contributed by atoms with E-state index >= 15 is 0 Å². The number of fused-ring (bicyclic) bond motifs is 2. The summed E-state index contributed by atoms with van der Waals surface area (Å²) in [6, 6.07) is 15.3. The molecule has 0 bridgehead atoms. The Morgan fingerprint density at radius 3 is 2.72 bits per heavy atom. The number of carbonyl (C=O) groups is 1. The third-order valence-electron chi connectivity index (χ3n) is 9.06. The number of carbonyl (C=O) groups excluding carboxylic acids is 1. The summed E-state index contributed by atoms with van der Waals surface area (Å²) in [5.41, 5.74) is 3.27. The van der Waals surface area contributed by atoms with Crippen LogP contribution in [0.2, 0.25) is 0 Å². The van der Waals surface area contributed by atoms with Crippen molar-refractivity contribution in [1.29, 1.82) is 0 Å². The highest BCUT2D eigenvalue weighted by atomic mass is 16.5. The third kappa shape index (κ3) is 5.88. The first-order valence-corrected chi connectivity index (χ1v) is 15.0. The number of likely N-dealkylation sites (N-methyl/N-ethyl adjacent to an activating group) is 1. The lowest BCUT2D eigenvalue weighted by Gasteiger charge is -2.41. The smallest absolute Gasteiger partial charge is 0.318 e. The molecular formula is C33H39N7O3. The van der Waals surface area contributed by atoms with Crippen LogP contribution in [0.1, 0.15) is 17.7 Å². The maximum atomic E-state index is 12.6. The van der Waals surface area contributed by atoms with Crippen LogP contribution >= 0.6 is 0 Å². The van der Waals surface area contributed by atoms with Crippen molar-refractivity contribution in [3.63, 3.8) is 0 Å². The van der Waals surface area contributed by atoms with Crippen LogP contribution in [0.15, 0.2) is 55.1 Å². The van der Waals surface area contributed by atoms with Gasteiger partial charge in [0.25, 0.3) is 0 Å². The average molecular weight is 582 g/mol. The molecule has 3 aromatic rings. The first-order chi connectivity index (χ1) is 21.0. The molecule has 224 valence electrons. The molecule has 3 aliphatic heterocycles. The fourth-order valence-electron chi connectivity index (χ4n) is 6.69. The van der Waals surface area contributed by atoms with Gasteiger partial charge in [-0.3, -0.25) is 9.69 Å². The highest BCUT2D eigenvalue weighted by Gasteiger charge is 2.35. The molecule has 1 unspecified atom stereocenters. The first kappa shape index (κ1) is 28.9.